The van der Waals surface area contributed by atoms with Gasteiger partial charge >= 0.3 is 12.1 Å². The minimum absolute atomic E-state index is 0.0226. The Kier molecular flexibility index (Phi) is 29.1. The zero-order valence-corrected chi connectivity index (χ0v) is 54.1. The largest absolute Gasteiger partial charge is 0.478 e. The number of likely N-dealkylation sites (N-methyl/N-ethyl adjacent to an activating group) is 5. The summed E-state index contributed by atoms with van der Waals surface area (Å²) in [6.07, 6.45) is 5.69. The number of nitrogen functional groups attached to an aromatic ring is 1. The van der Waals surface area contributed by atoms with Crippen molar-refractivity contribution < 1.29 is 45.8 Å². The van der Waals surface area contributed by atoms with Crippen LogP contribution in [0.25, 0.3) is 0 Å². The lowest BCUT2D eigenvalue weighted by atomic mass is 10.2. The molecule has 88 heavy (non-hydrogen) atoms. The third kappa shape index (κ3) is 22.9. The number of carbonyl (C=O) groups is 2. The maximum atomic E-state index is 14.7. The number of aromatic nitrogens is 5. The minimum atomic E-state index is -1.38. The SMILES string of the molecule is CN1CCN(c2ncc(Cl)c(C(=O)O)c2F)CC1.CN1CCN(c2ncc(Cl)c(N)c2F)CC1.CN1CCN(c2ncc(Cl)c(NC(=O)OC(C)(C)C)c2F)CC1.CN1CCN(c2ncc(Cl)cc2F)CC1.CN1CCNCC1.Fc1cc(Cl)cnc1F. The maximum Gasteiger partial charge on any atom is 0.412 e. The number of halogens is 11. The number of hydrogen-bond acceptors (Lipinski definition) is 19. The van der Waals surface area contributed by atoms with Crippen LogP contribution in [0.5, 0.6) is 0 Å². The molecule has 0 saturated carbocycles. The Labute approximate surface area is 534 Å². The maximum absolute atomic E-state index is 14.7. The number of ether oxygens (including phenoxy) is 1. The lowest BCUT2D eigenvalue weighted by molar-refractivity contribution is 0.0633. The fourth-order valence-corrected chi connectivity index (χ4v) is 9.46. The van der Waals surface area contributed by atoms with Gasteiger partial charge in [0.2, 0.25) is 5.95 Å². The van der Waals surface area contributed by atoms with Crippen molar-refractivity contribution in [1.82, 2.24) is 54.7 Å². The molecule has 5 aliphatic rings. The van der Waals surface area contributed by atoms with Gasteiger partial charge < -0.3 is 65.0 Å². The molecule has 0 radical (unpaired) electrons. The number of hydrogen-bond donors (Lipinski definition) is 4. The highest BCUT2D eigenvalue weighted by molar-refractivity contribution is 6.34. The molecule has 5 aromatic rings. The lowest BCUT2D eigenvalue weighted by Crippen LogP contribution is -2.45. The van der Waals surface area contributed by atoms with Crippen molar-refractivity contribution in [3.05, 3.63) is 109 Å². The number of nitrogens with zero attached hydrogens (tertiary/aromatic N) is 14. The quantitative estimate of drug-likeness (QED) is 0.0926. The van der Waals surface area contributed by atoms with Crippen LogP contribution < -0.4 is 36.0 Å². The van der Waals surface area contributed by atoms with Gasteiger partial charge in [-0.1, -0.05) is 58.0 Å². The summed E-state index contributed by atoms with van der Waals surface area (Å²) >= 11 is 28.2. The molecule has 5 saturated heterocycles. The fraction of sp³-hybridized carbons (Fsp3) is 0.518. The van der Waals surface area contributed by atoms with Crippen LogP contribution in [-0.4, -0.2) is 238 Å². The number of aromatic carboxylic acids is 1. The van der Waals surface area contributed by atoms with Crippen LogP contribution in [0.2, 0.25) is 25.1 Å². The third-order valence-corrected chi connectivity index (χ3v) is 15.1. The number of amides is 1. The molecule has 5 aromatic heterocycles. The molecule has 10 heterocycles. The van der Waals surface area contributed by atoms with Crippen molar-refractivity contribution in [3.8, 4) is 0 Å². The summed E-state index contributed by atoms with van der Waals surface area (Å²) in [4.78, 5) is 60.3. The predicted octanol–water partition coefficient (Wildman–Crippen LogP) is 8.67. The molecule has 32 heteroatoms. The Morgan fingerprint density at radius 3 is 1.26 bits per heavy atom. The van der Waals surface area contributed by atoms with E-state index in [0.717, 1.165) is 104 Å². The second kappa shape index (κ2) is 35.0. The van der Waals surface area contributed by atoms with Crippen molar-refractivity contribution >= 4 is 105 Å². The van der Waals surface area contributed by atoms with E-state index >= 15 is 0 Å². The van der Waals surface area contributed by atoms with Gasteiger partial charge in [0, 0.05) is 149 Å². The second-order valence-corrected chi connectivity index (χ2v) is 24.0. The lowest BCUT2D eigenvalue weighted by Gasteiger charge is -2.33. The first-order chi connectivity index (χ1) is 41.5. The molecule has 1 amide bonds. The van der Waals surface area contributed by atoms with E-state index in [1.165, 1.54) is 43.9 Å². The summed E-state index contributed by atoms with van der Waals surface area (Å²) in [5.41, 5.74) is 4.21. The molecule has 0 atom stereocenters. The molecule has 21 nitrogen and oxygen atoms in total. The molecular weight excluding hydrogens is 1270 g/mol. The number of carbonyl (C=O) groups excluding carboxylic acids is 1. The molecular formula is C56H76Cl5F6N17O4. The van der Waals surface area contributed by atoms with E-state index in [-0.39, 0.29) is 48.9 Å². The summed E-state index contributed by atoms with van der Waals surface area (Å²) in [5, 5.41) is 15.0. The molecule has 0 unspecified atom stereocenters. The molecule has 10 rings (SSSR count). The number of piperazine rings is 5. The van der Waals surface area contributed by atoms with Crippen LogP contribution in [0.3, 0.4) is 0 Å². The van der Waals surface area contributed by atoms with E-state index < -0.39 is 52.4 Å². The Hall–Kier alpha value is -5.72. The summed E-state index contributed by atoms with van der Waals surface area (Å²) in [7, 11) is 10.2. The van der Waals surface area contributed by atoms with E-state index in [4.69, 9.17) is 73.6 Å². The zero-order chi connectivity index (χ0) is 65.0. The first-order valence-corrected chi connectivity index (χ1v) is 29.8. The van der Waals surface area contributed by atoms with Gasteiger partial charge in [-0.2, -0.15) is 4.39 Å². The van der Waals surface area contributed by atoms with Crippen LogP contribution in [0.4, 0.5) is 65.8 Å². The molecule has 0 bridgehead atoms. The Bertz CT molecular complexity index is 3060. The Morgan fingerprint density at radius 1 is 0.511 bits per heavy atom. The van der Waals surface area contributed by atoms with Gasteiger partial charge in [0.15, 0.2) is 52.4 Å². The summed E-state index contributed by atoms with van der Waals surface area (Å²) < 4.78 is 85.3. The van der Waals surface area contributed by atoms with Gasteiger partial charge in [-0.15, -0.1) is 0 Å². The van der Waals surface area contributed by atoms with Crippen LogP contribution in [0.15, 0.2) is 43.1 Å². The normalized spacial score (nSPS) is 17.1. The van der Waals surface area contributed by atoms with Crippen LogP contribution in [0, 0.1) is 35.0 Å². The molecule has 5 aliphatic heterocycles. The van der Waals surface area contributed by atoms with Gasteiger partial charge in [-0.05, 0) is 68.1 Å². The van der Waals surface area contributed by atoms with E-state index in [9.17, 15) is 35.9 Å². The molecule has 5 N–H and O–H groups in total. The first kappa shape index (κ1) is 73.0. The first-order valence-electron chi connectivity index (χ1n) is 27.9. The van der Waals surface area contributed by atoms with E-state index in [1.807, 2.05) is 35.8 Å². The van der Waals surface area contributed by atoms with E-state index in [1.54, 1.807) is 25.7 Å². The Morgan fingerprint density at radius 2 is 0.875 bits per heavy atom. The number of carboxylic acids is 1. The van der Waals surface area contributed by atoms with Crippen molar-refractivity contribution in [2.45, 2.75) is 26.4 Å². The number of nitrogens with two attached hydrogens (primary N) is 1. The number of anilines is 6. The van der Waals surface area contributed by atoms with Crippen molar-refractivity contribution in [3.63, 3.8) is 0 Å². The molecule has 0 aliphatic carbocycles. The average Bonchev–Trinajstić information content (AvgIpc) is 3.06. The molecule has 486 valence electrons. The van der Waals surface area contributed by atoms with Crippen LogP contribution in [0.1, 0.15) is 31.1 Å². The van der Waals surface area contributed by atoms with Crippen molar-refractivity contribution in [2.24, 2.45) is 0 Å². The van der Waals surface area contributed by atoms with E-state index in [0.29, 0.717) is 42.8 Å². The number of rotatable bonds is 6. The smallest absolute Gasteiger partial charge is 0.412 e. The number of carboxylic acid groups (broad SMARTS) is 1. The number of nitrogens with one attached hydrogen (secondary N) is 2. The number of pyridine rings is 5. The van der Waals surface area contributed by atoms with Gasteiger partial charge in [-0.25, -0.2) is 56.5 Å². The summed E-state index contributed by atoms with van der Waals surface area (Å²) in [5.74, 6) is -4.94. The van der Waals surface area contributed by atoms with Crippen LogP contribution in [-0.2, 0) is 4.74 Å². The van der Waals surface area contributed by atoms with Crippen molar-refractivity contribution in [1.29, 1.82) is 0 Å². The van der Waals surface area contributed by atoms with Gasteiger partial charge in [0.25, 0.3) is 0 Å². The van der Waals surface area contributed by atoms with Crippen molar-refractivity contribution in [2.75, 3.05) is 197 Å². The average molecular weight is 1340 g/mol. The van der Waals surface area contributed by atoms with Crippen LogP contribution >= 0.6 is 58.0 Å². The molecule has 5 fully saturated rings. The van der Waals surface area contributed by atoms with Gasteiger partial charge in [0.1, 0.15) is 16.9 Å². The highest BCUT2D eigenvalue weighted by Gasteiger charge is 2.28. The topological polar surface area (TPSA) is 207 Å². The highest BCUT2D eigenvalue weighted by Crippen LogP contribution is 2.32. The predicted molar refractivity (Wildman–Crippen MR) is 336 cm³/mol. The second-order valence-electron chi connectivity index (χ2n) is 21.9. The third-order valence-electron chi connectivity index (χ3n) is 13.8. The standard InChI is InChI=1S/C15H22ClFN4O2.C11H13ClFN3O2.C10H14ClFN4.C10H13ClFN3.C5H2ClF2N.C5H12N2/c1-15(2,3)23-14(22)19-12-10(16)9-18-13(11(12)17)21-7-5-20(4)6-8-21;1-15-2-4-16(5-3-15)10-9(13)8(11(17)18)7(12)6-14-10;1-15-2-4-16(5-3-15)10-8(12)9(13)7(11)6-14-10;1-14-2-4-15(5-3-14)10-9(12)6-8(11)7-13-10;6-3-1-4(7)5(8)9-2-3;1-7-4-2-6-3-5-7/h9H,5-8H2,1-4H3,(H,18,19,22);6H,2-5H2,1H3,(H,17,18);6H,2-5H2,1H3,(H2,13,14);6-7H,2-5H2,1H3;1-2H;6H,2-5H2,1H3. The summed E-state index contributed by atoms with van der Waals surface area (Å²) in [6, 6.07) is 2.17. The van der Waals surface area contributed by atoms with E-state index in [2.05, 4.69) is 74.1 Å². The van der Waals surface area contributed by atoms with Gasteiger partial charge in [-0.3, -0.25) is 5.32 Å². The minimum Gasteiger partial charge on any atom is -0.478 e. The molecule has 0 spiro atoms. The monoisotopic (exact) mass is 1340 g/mol. The Balaban J connectivity index is 0.000000199. The van der Waals surface area contributed by atoms with Gasteiger partial charge in [0.05, 0.1) is 43.2 Å². The zero-order valence-electron chi connectivity index (χ0n) is 50.4. The highest BCUT2D eigenvalue weighted by atomic mass is 35.5. The fourth-order valence-electron chi connectivity index (χ4n) is 8.65. The molecule has 0 aromatic carbocycles. The summed E-state index contributed by atoms with van der Waals surface area (Å²) in [6.45, 7) is 22.5.